The van der Waals surface area contributed by atoms with Crippen LogP contribution in [0.3, 0.4) is 0 Å². The van der Waals surface area contributed by atoms with Crippen LogP contribution in [-0.4, -0.2) is 13.1 Å². The largest absolute Gasteiger partial charge is 0.465 e. The molecule has 0 aliphatic heterocycles. The molecule has 6 heteroatoms. The fourth-order valence-electron chi connectivity index (χ4n) is 1.23. The molecule has 0 radical (unpaired) electrons. The van der Waals surface area contributed by atoms with Crippen LogP contribution in [0.15, 0.2) is 16.6 Å². The summed E-state index contributed by atoms with van der Waals surface area (Å²) >= 11 is 2.77. The molecule has 0 aliphatic rings. The molecule has 0 fully saturated rings. The van der Waals surface area contributed by atoms with Crippen molar-refractivity contribution >= 4 is 21.9 Å². The molecule has 1 rings (SSSR count). The third-order valence-electron chi connectivity index (χ3n) is 1.93. The zero-order valence-electron chi connectivity index (χ0n) is 8.48. The van der Waals surface area contributed by atoms with E-state index >= 15 is 0 Å². The molecule has 1 aromatic carbocycles. The van der Waals surface area contributed by atoms with Gasteiger partial charge in [-0.3, -0.25) is 0 Å². The highest BCUT2D eigenvalue weighted by molar-refractivity contribution is 9.10. The number of methoxy groups -OCH3 is 1. The van der Waals surface area contributed by atoms with E-state index in [1.54, 1.807) is 0 Å². The normalized spacial score (nSPS) is 11.4. The highest BCUT2D eigenvalue weighted by Gasteiger charge is 2.35. The number of halogens is 4. The number of carbonyl (C=O) groups excluding carboxylic acids is 1. The quantitative estimate of drug-likeness (QED) is 0.741. The molecule has 0 atom stereocenters. The lowest BCUT2D eigenvalue weighted by Crippen LogP contribution is -2.11. The maximum Gasteiger partial charge on any atom is 0.417 e. The summed E-state index contributed by atoms with van der Waals surface area (Å²) < 4.78 is 41.9. The van der Waals surface area contributed by atoms with Gasteiger partial charge in [-0.25, -0.2) is 4.79 Å². The van der Waals surface area contributed by atoms with Crippen molar-refractivity contribution in [2.45, 2.75) is 13.1 Å². The summed E-state index contributed by atoms with van der Waals surface area (Å²) in [5.41, 5.74) is -0.668. The van der Waals surface area contributed by atoms with E-state index in [4.69, 9.17) is 0 Å². The number of hydrogen-bond acceptors (Lipinski definition) is 2. The second-order valence-corrected chi connectivity index (χ2v) is 3.96. The first kappa shape index (κ1) is 13.0. The number of aryl methyl sites for hydroxylation is 1. The van der Waals surface area contributed by atoms with Gasteiger partial charge >= 0.3 is 12.1 Å². The van der Waals surface area contributed by atoms with E-state index in [0.717, 1.165) is 13.2 Å². The number of rotatable bonds is 1. The number of hydrogen-bond donors (Lipinski definition) is 0. The van der Waals surface area contributed by atoms with Crippen molar-refractivity contribution in [3.8, 4) is 0 Å². The van der Waals surface area contributed by atoms with Crippen LogP contribution < -0.4 is 0 Å². The Kier molecular flexibility index (Phi) is 3.62. The minimum Gasteiger partial charge on any atom is -0.465 e. The lowest BCUT2D eigenvalue weighted by atomic mass is 10.1. The molecule has 0 spiro atoms. The lowest BCUT2D eigenvalue weighted by Gasteiger charge is -2.12. The Hall–Kier alpha value is -1.04. The Bertz CT molecular complexity index is 427. The van der Waals surface area contributed by atoms with Crippen molar-refractivity contribution in [2.75, 3.05) is 7.11 Å². The molecule has 0 N–H and O–H groups in total. The zero-order valence-corrected chi connectivity index (χ0v) is 10.1. The van der Waals surface area contributed by atoms with E-state index in [1.165, 1.54) is 13.0 Å². The predicted octanol–water partition coefficient (Wildman–Crippen LogP) is 3.56. The summed E-state index contributed by atoms with van der Waals surface area (Å²) in [5, 5.41) is 0. The summed E-state index contributed by atoms with van der Waals surface area (Å²) in [6.45, 7) is 1.48. The third kappa shape index (κ3) is 2.55. The first-order chi connectivity index (χ1) is 7.27. The lowest BCUT2D eigenvalue weighted by molar-refractivity contribution is -0.138. The van der Waals surface area contributed by atoms with Crippen molar-refractivity contribution in [3.05, 3.63) is 33.3 Å². The van der Waals surface area contributed by atoms with Gasteiger partial charge in [-0.05, 0) is 40.5 Å². The summed E-state index contributed by atoms with van der Waals surface area (Å²) in [5.74, 6) is -0.805. The van der Waals surface area contributed by atoms with Gasteiger partial charge in [0.2, 0.25) is 0 Å². The van der Waals surface area contributed by atoms with Crippen molar-refractivity contribution in [1.29, 1.82) is 0 Å². The van der Waals surface area contributed by atoms with E-state index in [2.05, 4.69) is 20.7 Å². The van der Waals surface area contributed by atoms with Gasteiger partial charge in [0.1, 0.15) is 0 Å². The Morgan fingerprint density at radius 1 is 1.38 bits per heavy atom. The van der Waals surface area contributed by atoms with Crippen LogP contribution in [0.4, 0.5) is 13.2 Å². The predicted molar refractivity (Wildman–Crippen MR) is 55.2 cm³/mol. The Balaban J connectivity index is 3.44. The monoisotopic (exact) mass is 296 g/mol. The van der Waals surface area contributed by atoms with Gasteiger partial charge in [-0.1, -0.05) is 0 Å². The summed E-state index contributed by atoms with van der Waals surface area (Å²) in [4.78, 5) is 11.2. The van der Waals surface area contributed by atoms with Gasteiger partial charge < -0.3 is 4.74 Å². The molecule has 2 nitrogen and oxygen atoms in total. The average Bonchev–Trinajstić information content (AvgIpc) is 2.18. The Morgan fingerprint density at radius 2 is 1.94 bits per heavy atom. The van der Waals surface area contributed by atoms with Crippen molar-refractivity contribution < 1.29 is 22.7 Å². The van der Waals surface area contributed by atoms with Crippen LogP contribution in [0.1, 0.15) is 21.5 Å². The second-order valence-electron chi connectivity index (χ2n) is 3.16. The minimum absolute atomic E-state index is 0.130. The molecule has 0 aliphatic carbocycles. The number of carbonyl (C=O) groups is 1. The average molecular weight is 297 g/mol. The Labute approximate surface area is 98.5 Å². The highest BCUT2D eigenvalue weighted by atomic mass is 79.9. The van der Waals surface area contributed by atoms with Crippen LogP contribution in [0.25, 0.3) is 0 Å². The van der Waals surface area contributed by atoms with Gasteiger partial charge in [0.05, 0.1) is 18.2 Å². The molecule has 0 unspecified atom stereocenters. The molecule has 88 valence electrons. The number of esters is 1. The first-order valence-corrected chi connectivity index (χ1v) is 5.02. The van der Waals surface area contributed by atoms with Crippen LogP contribution >= 0.6 is 15.9 Å². The van der Waals surface area contributed by atoms with Crippen LogP contribution in [-0.2, 0) is 10.9 Å². The SMILES string of the molecule is COC(=O)c1cc(C)cc(C(F)(F)F)c1Br. The van der Waals surface area contributed by atoms with Crippen LogP contribution in [0, 0.1) is 6.92 Å². The molecule has 0 saturated heterocycles. The van der Waals surface area contributed by atoms with Gasteiger partial charge in [0.25, 0.3) is 0 Å². The third-order valence-corrected chi connectivity index (χ3v) is 2.78. The van der Waals surface area contributed by atoms with E-state index in [0.29, 0.717) is 5.56 Å². The van der Waals surface area contributed by atoms with Crippen molar-refractivity contribution in [2.24, 2.45) is 0 Å². The topological polar surface area (TPSA) is 26.3 Å². The fraction of sp³-hybridized carbons (Fsp3) is 0.300. The van der Waals surface area contributed by atoms with Gasteiger partial charge in [0.15, 0.2) is 0 Å². The van der Waals surface area contributed by atoms with Gasteiger partial charge in [0, 0.05) is 4.47 Å². The van der Waals surface area contributed by atoms with Crippen molar-refractivity contribution in [1.82, 2.24) is 0 Å². The Morgan fingerprint density at radius 3 is 2.38 bits per heavy atom. The molecule has 0 aromatic heterocycles. The van der Waals surface area contributed by atoms with E-state index < -0.39 is 17.7 Å². The highest BCUT2D eigenvalue weighted by Crippen LogP contribution is 2.37. The summed E-state index contributed by atoms with van der Waals surface area (Å²) in [6.07, 6.45) is -4.51. The van der Waals surface area contributed by atoms with Crippen LogP contribution in [0.5, 0.6) is 0 Å². The second kappa shape index (κ2) is 4.45. The molecular formula is C10H8BrF3O2. The molecule has 0 heterocycles. The number of benzene rings is 1. The van der Waals surface area contributed by atoms with Gasteiger partial charge in [-0.2, -0.15) is 13.2 Å². The van der Waals surface area contributed by atoms with Crippen molar-refractivity contribution in [3.63, 3.8) is 0 Å². The maximum atomic E-state index is 12.6. The molecular weight excluding hydrogens is 289 g/mol. The molecule has 0 saturated carbocycles. The zero-order chi connectivity index (χ0) is 12.5. The standard InChI is InChI=1S/C10H8BrF3O2/c1-5-3-6(9(15)16-2)8(11)7(4-5)10(12,13)14/h3-4H,1-2H3. The molecule has 0 amide bonds. The number of ether oxygens (including phenoxy) is 1. The minimum atomic E-state index is -4.51. The van der Waals surface area contributed by atoms with Crippen LogP contribution in [0.2, 0.25) is 0 Å². The summed E-state index contributed by atoms with van der Waals surface area (Å²) in [6, 6.07) is 2.31. The maximum absolute atomic E-state index is 12.6. The molecule has 1 aromatic rings. The van der Waals surface area contributed by atoms with E-state index in [9.17, 15) is 18.0 Å². The first-order valence-electron chi connectivity index (χ1n) is 4.23. The molecule has 16 heavy (non-hydrogen) atoms. The summed E-state index contributed by atoms with van der Waals surface area (Å²) in [7, 11) is 1.12. The van der Waals surface area contributed by atoms with E-state index in [1.807, 2.05) is 0 Å². The van der Waals surface area contributed by atoms with E-state index in [-0.39, 0.29) is 10.0 Å². The fourth-order valence-corrected chi connectivity index (χ4v) is 1.85. The number of alkyl halides is 3. The molecule has 0 bridgehead atoms. The van der Waals surface area contributed by atoms with Gasteiger partial charge in [-0.15, -0.1) is 0 Å². The smallest absolute Gasteiger partial charge is 0.417 e.